The lowest BCUT2D eigenvalue weighted by atomic mass is 9.75. The van der Waals surface area contributed by atoms with Crippen molar-refractivity contribution in [3.8, 4) is 0 Å². The van der Waals surface area contributed by atoms with Crippen LogP contribution in [-0.2, 0) is 16.0 Å². The van der Waals surface area contributed by atoms with Gasteiger partial charge in [-0.1, -0.05) is 30.3 Å². The van der Waals surface area contributed by atoms with Crippen molar-refractivity contribution in [3.05, 3.63) is 35.9 Å². The molecule has 1 N–H and O–H groups in total. The van der Waals surface area contributed by atoms with Crippen LogP contribution >= 0.6 is 0 Å². The maximum atomic E-state index is 12.6. The van der Waals surface area contributed by atoms with Gasteiger partial charge in [0, 0.05) is 19.6 Å². The molecule has 5 heteroatoms. The van der Waals surface area contributed by atoms with Crippen molar-refractivity contribution in [2.45, 2.75) is 31.7 Å². The van der Waals surface area contributed by atoms with Crippen LogP contribution in [0.4, 0.5) is 4.79 Å². The normalized spacial score (nSPS) is 27.2. The van der Waals surface area contributed by atoms with E-state index in [1.807, 2.05) is 18.0 Å². The molecule has 1 aliphatic carbocycles. The molecule has 3 rings (SSSR count). The number of hydrogen-bond acceptors (Lipinski definition) is 3. The predicted octanol–water partition coefficient (Wildman–Crippen LogP) is 2.21. The first-order valence-corrected chi connectivity index (χ1v) is 8.34. The van der Waals surface area contributed by atoms with Crippen LogP contribution in [0.1, 0.15) is 24.8 Å². The molecule has 0 unspecified atom stereocenters. The van der Waals surface area contributed by atoms with E-state index < -0.39 is 6.09 Å². The van der Waals surface area contributed by atoms with Gasteiger partial charge in [0.25, 0.3) is 0 Å². The number of nitrogens with zero attached hydrogens (tertiary/aromatic N) is 1. The molecule has 0 bridgehead atoms. The second-order valence-corrected chi connectivity index (χ2v) is 6.63. The smallest absolute Gasteiger partial charge is 0.407 e. The zero-order valence-corrected chi connectivity index (χ0v) is 13.5. The molecule has 1 saturated carbocycles. The van der Waals surface area contributed by atoms with E-state index in [1.54, 1.807) is 0 Å². The highest BCUT2D eigenvalue weighted by atomic mass is 16.5. The minimum Gasteiger partial charge on any atom is -0.450 e. The van der Waals surface area contributed by atoms with E-state index in [1.165, 1.54) is 5.56 Å². The van der Waals surface area contributed by atoms with Gasteiger partial charge in [-0.3, -0.25) is 4.79 Å². The van der Waals surface area contributed by atoms with Gasteiger partial charge < -0.3 is 15.0 Å². The molecule has 5 nitrogen and oxygen atoms in total. The average molecular weight is 316 g/mol. The Labute approximate surface area is 137 Å². The van der Waals surface area contributed by atoms with Crippen molar-refractivity contribution in [2.24, 2.45) is 11.8 Å². The van der Waals surface area contributed by atoms with Gasteiger partial charge in [-0.25, -0.2) is 4.79 Å². The van der Waals surface area contributed by atoms with Gasteiger partial charge in [0.15, 0.2) is 0 Å². The minimum atomic E-state index is -0.422. The monoisotopic (exact) mass is 316 g/mol. The Morgan fingerprint density at radius 1 is 1.30 bits per heavy atom. The number of alkyl carbamates (subject to hydrolysis) is 1. The Balaban J connectivity index is 1.47. The Hall–Kier alpha value is -2.04. The quantitative estimate of drug-likeness (QED) is 0.926. The molecule has 2 amide bonds. The summed E-state index contributed by atoms with van der Waals surface area (Å²) in [4.78, 5) is 25.6. The molecule has 1 aromatic rings. The van der Waals surface area contributed by atoms with E-state index in [0.717, 1.165) is 19.3 Å². The van der Waals surface area contributed by atoms with Crippen LogP contribution in [0.3, 0.4) is 0 Å². The third-order valence-corrected chi connectivity index (χ3v) is 5.01. The third-order valence-electron chi connectivity index (χ3n) is 5.01. The number of ether oxygens (including phenoxy) is 1. The maximum absolute atomic E-state index is 12.6. The summed E-state index contributed by atoms with van der Waals surface area (Å²) in [6, 6.07) is 10.8. The summed E-state index contributed by atoms with van der Waals surface area (Å²) in [6.07, 6.45) is 3.39. The largest absolute Gasteiger partial charge is 0.450 e. The van der Waals surface area contributed by atoms with Crippen molar-refractivity contribution in [3.63, 3.8) is 0 Å². The Morgan fingerprint density at radius 2 is 2.04 bits per heavy atom. The number of carbonyl (C=O) groups is 2. The van der Waals surface area contributed by atoms with Crippen LogP contribution in [0.15, 0.2) is 30.3 Å². The first kappa shape index (κ1) is 15.8. The molecule has 1 heterocycles. The predicted molar refractivity (Wildman–Crippen MR) is 86.9 cm³/mol. The second kappa shape index (κ2) is 7.02. The van der Waals surface area contributed by atoms with Crippen molar-refractivity contribution in [1.82, 2.24) is 10.2 Å². The molecule has 124 valence electrons. The number of benzene rings is 1. The van der Waals surface area contributed by atoms with Crippen LogP contribution in [0.5, 0.6) is 0 Å². The molecular weight excluding hydrogens is 292 g/mol. The second-order valence-electron chi connectivity index (χ2n) is 6.63. The first-order chi connectivity index (χ1) is 11.1. The molecule has 2 fully saturated rings. The third kappa shape index (κ3) is 3.84. The van der Waals surface area contributed by atoms with Crippen LogP contribution < -0.4 is 5.32 Å². The molecule has 0 radical (unpaired) electrons. The molecule has 0 aromatic heterocycles. The topological polar surface area (TPSA) is 58.6 Å². The van der Waals surface area contributed by atoms with Gasteiger partial charge in [0.1, 0.15) is 0 Å². The molecule has 2 aliphatic rings. The summed E-state index contributed by atoms with van der Waals surface area (Å²) in [5.74, 6) is 0.619. The van der Waals surface area contributed by atoms with E-state index in [-0.39, 0.29) is 11.8 Å². The lowest BCUT2D eigenvalue weighted by molar-refractivity contribution is -0.139. The van der Waals surface area contributed by atoms with Crippen molar-refractivity contribution in [1.29, 1.82) is 0 Å². The number of carbonyl (C=O) groups excluding carboxylic acids is 2. The number of cyclic esters (lactones) is 1. The standard InChI is InChI=1S/C18H24N2O3/c1-20(17(21)15-7-8-23-18(22)19-12-15)16-10-14(11-16)9-13-5-3-2-4-6-13/h2-6,14-16H,7-12H2,1H3,(H,19,22)/t14-,15-,16+/m1/s1. The highest BCUT2D eigenvalue weighted by molar-refractivity contribution is 5.80. The highest BCUT2D eigenvalue weighted by Crippen LogP contribution is 2.34. The van der Waals surface area contributed by atoms with E-state index in [9.17, 15) is 9.59 Å². The molecule has 1 saturated heterocycles. The molecule has 1 aliphatic heterocycles. The van der Waals surface area contributed by atoms with Crippen molar-refractivity contribution < 1.29 is 14.3 Å². The Morgan fingerprint density at radius 3 is 2.78 bits per heavy atom. The fourth-order valence-electron chi connectivity index (χ4n) is 3.46. The Kier molecular flexibility index (Phi) is 4.84. The van der Waals surface area contributed by atoms with Gasteiger partial charge in [-0.15, -0.1) is 0 Å². The number of amides is 2. The summed E-state index contributed by atoms with van der Waals surface area (Å²) in [5, 5.41) is 2.64. The maximum Gasteiger partial charge on any atom is 0.407 e. The van der Waals surface area contributed by atoms with Crippen molar-refractivity contribution >= 4 is 12.0 Å². The van der Waals surface area contributed by atoms with Gasteiger partial charge >= 0.3 is 6.09 Å². The van der Waals surface area contributed by atoms with Gasteiger partial charge in [0.2, 0.25) is 5.91 Å². The van der Waals surface area contributed by atoms with E-state index in [2.05, 4.69) is 29.6 Å². The number of hydrogen-bond donors (Lipinski definition) is 1. The summed E-state index contributed by atoms with van der Waals surface area (Å²) in [6.45, 7) is 0.694. The molecular formula is C18H24N2O3. The van der Waals surface area contributed by atoms with Crippen LogP contribution in [-0.4, -0.2) is 43.1 Å². The van der Waals surface area contributed by atoms with E-state index in [0.29, 0.717) is 31.5 Å². The molecule has 1 aromatic carbocycles. The summed E-state index contributed by atoms with van der Waals surface area (Å²) >= 11 is 0. The van der Waals surface area contributed by atoms with Crippen molar-refractivity contribution in [2.75, 3.05) is 20.2 Å². The molecule has 0 spiro atoms. The Bertz CT molecular complexity index is 555. The summed E-state index contributed by atoms with van der Waals surface area (Å²) in [7, 11) is 1.89. The number of rotatable bonds is 4. The van der Waals surface area contributed by atoms with E-state index >= 15 is 0 Å². The lowest BCUT2D eigenvalue weighted by Crippen LogP contribution is -2.49. The fraction of sp³-hybridized carbons (Fsp3) is 0.556. The summed E-state index contributed by atoms with van der Waals surface area (Å²) < 4.78 is 4.93. The van der Waals surface area contributed by atoms with Gasteiger partial charge in [0.05, 0.1) is 12.5 Å². The van der Waals surface area contributed by atoms with Gasteiger partial charge in [-0.2, -0.15) is 0 Å². The van der Waals surface area contributed by atoms with Crippen LogP contribution in [0.25, 0.3) is 0 Å². The average Bonchev–Trinajstić information content (AvgIpc) is 2.75. The van der Waals surface area contributed by atoms with E-state index in [4.69, 9.17) is 4.74 Å². The molecule has 23 heavy (non-hydrogen) atoms. The van der Waals surface area contributed by atoms with Gasteiger partial charge in [-0.05, 0) is 37.2 Å². The fourth-order valence-corrected chi connectivity index (χ4v) is 3.46. The molecule has 1 atom stereocenters. The minimum absolute atomic E-state index is 0.124. The number of nitrogens with one attached hydrogen (secondary N) is 1. The lowest BCUT2D eigenvalue weighted by Gasteiger charge is -2.42. The first-order valence-electron chi connectivity index (χ1n) is 8.34. The zero-order chi connectivity index (χ0) is 16.2. The van der Waals surface area contributed by atoms with Crippen LogP contribution in [0, 0.1) is 11.8 Å². The SMILES string of the molecule is CN(C(=O)[C@@H]1CCOC(=O)NC1)[C@H]1C[C@@H](Cc2ccccc2)C1. The zero-order valence-electron chi connectivity index (χ0n) is 13.5. The van der Waals surface area contributed by atoms with Crippen LogP contribution in [0.2, 0.25) is 0 Å². The highest BCUT2D eigenvalue weighted by Gasteiger charge is 2.36. The summed E-state index contributed by atoms with van der Waals surface area (Å²) in [5.41, 5.74) is 1.37.